The molecule has 0 N–H and O–H groups in total. The Hall–Kier alpha value is -2.40. The molecule has 0 radical (unpaired) electrons. The molecule has 0 spiro atoms. The lowest BCUT2D eigenvalue weighted by atomic mass is 10.0. The number of carbonyl (C=O) groups excluding carboxylic acids is 1. The number of rotatable bonds is 4. The predicted molar refractivity (Wildman–Crippen MR) is 106 cm³/mol. The Balaban J connectivity index is 1.40. The topological polar surface area (TPSA) is 42.4 Å². The lowest BCUT2D eigenvalue weighted by Gasteiger charge is -2.33. The van der Waals surface area contributed by atoms with Crippen LogP contribution in [-0.4, -0.2) is 35.0 Å². The molecule has 134 valence electrons. The number of hydrogen-bond donors (Lipinski definition) is 0. The summed E-state index contributed by atoms with van der Waals surface area (Å²) in [6.07, 6.45) is 3.38. The maximum atomic E-state index is 12.4. The Bertz CT molecular complexity index is 871. The van der Waals surface area contributed by atoms with Gasteiger partial charge in [-0.25, -0.2) is 4.98 Å². The zero-order valence-corrected chi connectivity index (χ0v) is 15.7. The molecular formula is C21H22N2O2S. The number of amides is 1. The van der Waals surface area contributed by atoms with E-state index in [0.717, 1.165) is 35.5 Å². The van der Waals surface area contributed by atoms with Crippen LogP contribution in [0.3, 0.4) is 0 Å². The van der Waals surface area contributed by atoms with Gasteiger partial charge in [-0.15, -0.1) is 11.3 Å². The van der Waals surface area contributed by atoms with Crippen molar-refractivity contribution in [1.29, 1.82) is 0 Å². The quantitative estimate of drug-likeness (QED) is 0.669. The molecule has 3 aromatic rings. The lowest BCUT2D eigenvalue weighted by molar-refractivity contribution is -0.136. The highest BCUT2D eigenvalue weighted by Gasteiger charge is 2.23. The summed E-state index contributed by atoms with van der Waals surface area (Å²) >= 11 is 1.68. The number of piperidine rings is 1. The van der Waals surface area contributed by atoms with Gasteiger partial charge in [0.25, 0.3) is 5.91 Å². The molecule has 5 heteroatoms. The van der Waals surface area contributed by atoms with Gasteiger partial charge < -0.3 is 9.64 Å². The van der Waals surface area contributed by atoms with E-state index in [2.05, 4.69) is 18.0 Å². The van der Waals surface area contributed by atoms with Crippen LogP contribution in [0.15, 0.2) is 48.5 Å². The highest BCUT2D eigenvalue weighted by molar-refractivity contribution is 7.21. The van der Waals surface area contributed by atoms with Crippen LogP contribution < -0.4 is 4.74 Å². The number of carbonyl (C=O) groups is 1. The summed E-state index contributed by atoms with van der Waals surface area (Å²) in [7, 11) is 0. The molecule has 26 heavy (non-hydrogen) atoms. The van der Waals surface area contributed by atoms with Crippen molar-refractivity contribution in [2.24, 2.45) is 0 Å². The number of benzene rings is 2. The first-order valence-electron chi connectivity index (χ1n) is 9.09. The van der Waals surface area contributed by atoms with Crippen molar-refractivity contribution in [3.63, 3.8) is 0 Å². The molecule has 1 aliphatic rings. The smallest absolute Gasteiger partial charge is 0.260 e. The van der Waals surface area contributed by atoms with E-state index in [1.54, 1.807) is 11.3 Å². The Morgan fingerprint density at radius 2 is 2.00 bits per heavy atom. The second kappa shape index (κ2) is 7.46. The minimum absolute atomic E-state index is 0.0763. The van der Waals surface area contributed by atoms with E-state index < -0.39 is 0 Å². The van der Waals surface area contributed by atoms with Gasteiger partial charge in [-0.05, 0) is 62.6 Å². The van der Waals surface area contributed by atoms with Crippen LogP contribution in [-0.2, 0) is 4.79 Å². The van der Waals surface area contributed by atoms with E-state index in [-0.39, 0.29) is 12.5 Å². The van der Waals surface area contributed by atoms with Crippen molar-refractivity contribution in [2.45, 2.75) is 32.2 Å². The number of thiazole rings is 1. The zero-order valence-electron chi connectivity index (χ0n) is 14.9. The van der Waals surface area contributed by atoms with E-state index in [1.807, 2.05) is 47.4 Å². The van der Waals surface area contributed by atoms with Crippen LogP contribution >= 0.6 is 11.3 Å². The number of ether oxygens (including phenoxy) is 1. The third-order valence-corrected chi connectivity index (χ3v) is 5.97. The van der Waals surface area contributed by atoms with Crippen LogP contribution in [0.5, 0.6) is 5.75 Å². The first-order chi connectivity index (χ1) is 12.7. The van der Waals surface area contributed by atoms with E-state index in [9.17, 15) is 4.79 Å². The zero-order chi connectivity index (χ0) is 17.9. The summed E-state index contributed by atoms with van der Waals surface area (Å²) in [6.45, 7) is 3.06. The Labute approximate surface area is 157 Å². The fraction of sp³-hybridized carbons (Fsp3) is 0.333. The standard InChI is InChI=1S/C21H22N2O2S/c1-15-6-4-5-13-23(15)20(24)14-25-17-11-9-16(10-12-17)21-22-18-7-2-3-8-19(18)26-21/h2-3,7-12,15H,4-6,13-14H2,1H3/t15-/m1/s1. The van der Waals surface area contributed by atoms with Gasteiger partial charge in [-0.2, -0.15) is 0 Å². The van der Waals surface area contributed by atoms with Gasteiger partial charge in [0.15, 0.2) is 6.61 Å². The lowest BCUT2D eigenvalue weighted by Crippen LogP contribution is -2.44. The molecule has 2 heterocycles. The average molecular weight is 366 g/mol. The van der Waals surface area contributed by atoms with Crippen LogP contribution in [0.1, 0.15) is 26.2 Å². The van der Waals surface area contributed by atoms with E-state index in [1.165, 1.54) is 11.1 Å². The van der Waals surface area contributed by atoms with Gasteiger partial charge in [-0.1, -0.05) is 12.1 Å². The highest BCUT2D eigenvalue weighted by Crippen LogP contribution is 2.30. The Morgan fingerprint density at radius 1 is 1.19 bits per heavy atom. The molecule has 0 saturated carbocycles. The summed E-state index contributed by atoms with van der Waals surface area (Å²) in [5.74, 6) is 0.792. The Kier molecular flexibility index (Phi) is 4.89. The van der Waals surface area contributed by atoms with Gasteiger partial charge in [0.05, 0.1) is 10.2 Å². The third kappa shape index (κ3) is 3.58. The number of hydrogen-bond acceptors (Lipinski definition) is 4. The van der Waals surface area contributed by atoms with Gasteiger partial charge >= 0.3 is 0 Å². The van der Waals surface area contributed by atoms with Crippen molar-refractivity contribution in [1.82, 2.24) is 9.88 Å². The number of nitrogens with zero attached hydrogens (tertiary/aromatic N) is 2. The molecule has 1 aliphatic heterocycles. The molecule has 0 aliphatic carbocycles. The number of para-hydroxylation sites is 1. The van der Waals surface area contributed by atoms with Crippen molar-refractivity contribution in [3.8, 4) is 16.3 Å². The first kappa shape index (κ1) is 17.0. The van der Waals surface area contributed by atoms with Crippen molar-refractivity contribution in [2.75, 3.05) is 13.2 Å². The average Bonchev–Trinajstić information content (AvgIpc) is 3.11. The van der Waals surface area contributed by atoms with Gasteiger partial charge in [0.2, 0.25) is 0 Å². The summed E-state index contributed by atoms with van der Waals surface area (Å²) < 4.78 is 6.90. The SMILES string of the molecule is C[C@@H]1CCCCN1C(=O)COc1ccc(-c2nc3ccccc3s2)cc1. The largest absolute Gasteiger partial charge is 0.484 e. The minimum Gasteiger partial charge on any atom is -0.484 e. The van der Waals surface area contributed by atoms with E-state index >= 15 is 0 Å². The first-order valence-corrected chi connectivity index (χ1v) is 9.90. The molecule has 1 amide bonds. The molecule has 2 aromatic carbocycles. The van der Waals surface area contributed by atoms with Crippen molar-refractivity contribution in [3.05, 3.63) is 48.5 Å². The second-order valence-electron chi connectivity index (χ2n) is 6.73. The van der Waals surface area contributed by atoms with Crippen LogP contribution in [0, 0.1) is 0 Å². The van der Waals surface area contributed by atoms with Crippen molar-refractivity contribution >= 4 is 27.5 Å². The molecule has 4 nitrogen and oxygen atoms in total. The molecule has 0 bridgehead atoms. The van der Waals surface area contributed by atoms with Crippen molar-refractivity contribution < 1.29 is 9.53 Å². The number of aromatic nitrogens is 1. The van der Waals surface area contributed by atoms with Crippen LogP contribution in [0.25, 0.3) is 20.8 Å². The number of fused-ring (bicyclic) bond motifs is 1. The molecular weight excluding hydrogens is 344 g/mol. The maximum Gasteiger partial charge on any atom is 0.260 e. The van der Waals surface area contributed by atoms with Gasteiger partial charge in [0, 0.05) is 18.2 Å². The molecule has 4 rings (SSSR count). The predicted octanol–water partition coefficient (Wildman–Crippen LogP) is 4.74. The summed E-state index contributed by atoms with van der Waals surface area (Å²) in [6, 6.07) is 16.3. The second-order valence-corrected chi connectivity index (χ2v) is 7.76. The molecule has 1 fully saturated rings. The summed E-state index contributed by atoms with van der Waals surface area (Å²) in [4.78, 5) is 19.0. The maximum absolute atomic E-state index is 12.4. The highest BCUT2D eigenvalue weighted by atomic mass is 32.1. The van der Waals surface area contributed by atoms with Gasteiger partial charge in [-0.3, -0.25) is 4.79 Å². The third-order valence-electron chi connectivity index (χ3n) is 4.88. The summed E-state index contributed by atoms with van der Waals surface area (Å²) in [5, 5.41) is 0.996. The monoisotopic (exact) mass is 366 g/mol. The molecule has 0 unspecified atom stereocenters. The Morgan fingerprint density at radius 3 is 2.77 bits per heavy atom. The molecule has 1 saturated heterocycles. The minimum atomic E-state index is 0.0763. The fourth-order valence-corrected chi connectivity index (χ4v) is 4.36. The van der Waals surface area contributed by atoms with Crippen LogP contribution in [0.2, 0.25) is 0 Å². The van der Waals surface area contributed by atoms with E-state index in [4.69, 9.17) is 4.74 Å². The van der Waals surface area contributed by atoms with Gasteiger partial charge in [0.1, 0.15) is 10.8 Å². The fourth-order valence-electron chi connectivity index (χ4n) is 3.39. The normalized spacial score (nSPS) is 17.4. The van der Waals surface area contributed by atoms with E-state index in [0.29, 0.717) is 11.8 Å². The number of likely N-dealkylation sites (tertiary alicyclic amines) is 1. The molecule has 1 aromatic heterocycles. The van der Waals surface area contributed by atoms with Crippen LogP contribution in [0.4, 0.5) is 0 Å². The summed E-state index contributed by atoms with van der Waals surface area (Å²) in [5.41, 5.74) is 2.09. The molecule has 1 atom stereocenters.